The maximum Gasteiger partial charge on any atom is 0.430 e. The molecule has 32 heavy (non-hydrogen) atoms. The van der Waals surface area contributed by atoms with E-state index < -0.39 is 19.0 Å². The van der Waals surface area contributed by atoms with Gasteiger partial charge in [-0.05, 0) is 35.4 Å². The number of ether oxygens (including phenoxy) is 2. The molecule has 1 aromatic carbocycles. The van der Waals surface area contributed by atoms with Crippen LogP contribution in [0, 0.1) is 6.92 Å². The third-order valence-corrected chi connectivity index (χ3v) is 4.85. The van der Waals surface area contributed by atoms with Crippen LogP contribution in [0.1, 0.15) is 11.3 Å². The molecule has 0 aliphatic carbocycles. The number of alkyl halides is 2. The molecular formula is C23H18F2N3O4+. The molecule has 0 atom stereocenters. The second-order valence-electron chi connectivity index (χ2n) is 7.13. The lowest BCUT2D eigenvalue weighted by atomic mass is 10.1. The molecule has 0 spiro atoms. The topological polar surface area (TPSA) is 82.8 Å². The van der Waals surface area contributed by atoms with E-state index in [1.54, 1.807) is 43.3 Å². The van der Waals surface area contributed by atoms with Gasteiger partial charge in [0.1, 0.15) is 18.1 Å². The van der Waals surface area contributed by atoms with Crippen molar-refractivity contribution in [3.8, 4) is 11.5 Å². The largest absolute Gasteiger partial charge is 0.486 e. The number of aromatic nitrogens is 1. The number of halogens is 2. The van der Waals surface area contributed by atoms with Crippen LogP contribution in [0.2, 0.25) is 0 Å². The molecule has 0 saturated heterocycles. The van der Waals surface area contributed by atoms with Crippen molar-refractivity contribution in [2.24, 2.45) is 0 Å². The standard InChI is InChI=1S/C23H18F2N3O4/c1-14-9-15(27-10-19(14)31-13-20(24)25)11-28-12-18-17(22(28)29)7-8-26-21(18)23(30)32-16-5-3-2-4-6-16/h2-7,9-10,20H,11-13H2,1H3/q+1. The van der Waals surface area contributed by atoms with E-state index in [2.05, 4.69) is 15.5 Å². The predicted molar refractivity (Wildman–Crippen MR) is 112 cm³/mol. The highest BCUT2D eigenvalue weighted by Gasteiger charge is 2.42. The number of esters is 1. The number of carbonyl (C=O) groups is 2. The second-order valence-corrected chi connectivity index (χ2v) is 7.13. The molecule has 2 aliphatic rings. The molecule has 162 valence electrons. The van der Waals surface area contributed by atoms with Gasteiger partial charge in [-0.25, -0.2) is 13.6 Å². The number of rotatable bonds is 7. The summed E-state index contributed by atoms with van der Waals surface area (Å²) >= 11 is 0. The van der Waals surface area contributed by atoms with Crippen molar-refractivity contribution in [1.82, 2.24) is 14.6 Å². The van der Waals surface area contributed by atoms with Crippen molar-refractivity contribution in [1.29, 1.82) is 0 Å². The highest BCUT2D eigenvalue weighted by molar-refractivity contribution is 6.45. The minimum atomic E-state index is -2.58. The molecule has 4 rings (SSSR count). The van der Waals surface area contributed by atoms with Gasteiger partial charge in [-0.15, -0.1) is 0 Å². The maximum atomic E-state index is 12.9. The van der Waals surface area contributed by atoms with Gasteiger partial charge in [0.25, 0.3) is 12.3 Å². The average molecular weight is 438 g/mol. The van der Waals surface area contributed by atoms with Crippen molar-refractivity contribution in [3.05, 3.63) is 71.1 Å². The summed E-state index contributed by atoms with van der Waals surface area (Å²) in [5.74, 6) is 2.26. The minimum absolute atomic E-state index is 0.0297. The van der Waals surface area contributed by atoms with Crippen LogP contribution in [-0.4, -0.2) is 52.9 Å². The average Bonchev–Trinajstić information content (AvgIpc) is 3.09. The van der Waals surface area contributed by atoms with Gasteiger partial charge < -0.3 is 14.4 Å². The van der Waals surface area contributed by atoms with Crippen LogP contribution in [0.25, 0.3) is 0 Å². The van der Waals surface area contributed by atoms with Crippen LogP contribution in [0.15, 0.2) is 59.8 Å². The molecule has 1 aromatic heterocycles. The quantitative estimate of drug-likeness (QED) is 0.375. The van der Waals surface area contributed by atoms with Crippen LogP contribution in [0.5, 0.6) is 11.5 Å². The third kappa shape index (κ3) is 4.49. The maximum absolute atomic E-state index is 12.9. The normalized spacial score (nSPS) is 14.7. The highest BCUT2D eigenvalue weighted by Crippen LogP contribution is 2.25. The SMILES string of the molecule is Cc1cc(CN2CC3=C(C=C=[N+]=C3C(=O)Oc3ccccc3)C2=O)ncc1OCC(F)F. The second kappa shape index (κ2) is 8.98. The number of amides is 1. The van der Waals surface area contributed by atoms with E-state index in [0.717, 1.165) is 0 Å². The minimum Gasteiger partial charge on any atom is -0.486 e. The van der Waals surface area contributed by atoms with E-state index in [1.807, 2.05) is 0 Å². The smallest absolute Gasteiger partial charge is 0.430 e. The molecule has 1 amide bonds. The van der Waals surface area contributed by atoms with E-state index in [9.17, 15) is 18.4 Å². The number of hydrogen-bond donors (Lipinski definition) is 0. The van der Waals surface area contributed by atoms with Gasteiger partial charge >= 0.3 is 17.6 Å². The summed E-state index contributed by atoms with van der Waals surface area (Å²) in [6.45, 7) is 1.31. The first-order chi connectivity index (χ1) is 15.4. The number of nitrogens with zero attached hydrogens (tertiary/aromatic N) is 3. The van der Waals surface area contributed by atoms with Gasteiger partial charge in [-0.2, -0.15) is 0 Å². The molecular weight excluding hydrogens is 420 g/mol. The number of aryl methyl sites for hydroxylation is 1. The lowest BCUT2D eigenvalue weighted by Gasteiger charge is -2.16. The lowest BCUT2D eigenvalue weighted by Crippen LogP contribution is -2.30. The van der Waals surface area contributed by atoms with Gasteiger partial charge in [0.05, 0.1) is 42.2 Å². The van der Waals surface area contributed by atoms with Crippen molar-refractivity contribution < 1.29 is 27.8 Å². The summed E-state index contributed by atoms with van der Waals surface area (Å²) in [7, 11) is 0. The van der Waals surface area contributed by atoms with Crippen LogP contribution in [-0.2, 0) is 16.1 Å². The van der Waals surface area contributed by atoms with Crippen molar-refractivity contribution >= 4 is 23.5 Å². The lowest BCUT2D eigenvalue weighted by molar-refractivity contribution is -0.127. The van der Waals surface area contributed by atoms with Crippen LogP contribution in [0.4, 0.5) is 8.78 Å². The number of benzene rings is 1. The summed E-state index contributed by atoms with van der Waals surface area (Å²) in [5, 5.41) is 0. The molecule has 2 aromatic rings. The number of pyridine rings is 1. The van der Waals surface area contributed by atoms with Gasteiger partial charge in [-0.1, -0.05) is 18.2 Å². The molecule has 0 bridgehead atoms. The molecule has 0 N–H and O–H groups in total. The van der Waals surface area contributed by atoms with Crippen molar-refractivity contribution in [2.75, 3.05) is 13.2 Å². The first-order valence-corrected chi connectivity index (χ1v) is 9.75. The molecule has 0 radical (unpaired) electrons. The van der Waals surface area contributed by atoms with E-state index in [4.69, 9.17) is 9.47 Å². The summed E-state index contributed by atoms with van der Waals surface area (Å²) in [6, 6.07) is 10.2. The monoisotopic (exact) mass is 438 g/mol. The zero-order chi connectivity index (χ0) is 22.7. The van der Waals surface area contributed by atoms with Crippen molar-refractivity contribution in [2.45, 2.75) is 19.9 Å². The number of carbonyl (C=O) groups excluding carboxylic acids is 2. The Hall–Kier alpha value is -4.06. The first kappa shape index (κ1) is 21.2. The molecule has 3 heterocycles. The van der Waals surface area contributed by atoms with Gasteiger partial charge in [-0.3, -0.25) is 9.78 Å². The Kier molecular flexibility index (Phi) is 5.94. The Morgan fingerprint density at radius 1 is 1.31 bits per heavy atom. The molecule has 0 unspecified atom stereocenters. The molecule has 0 fully saturated rings. The fourth-order valence-electron chi connectivity index (χ4n) is 3.36. The zero-order valence-corrected chi connectivity index (χ0v) is 17.0. The highest BCUT2D eigenvalue weighted by atomic mass is 19.3. The molecule has 0 saturated carbocycles. The summed E-state index contributed by atoms with van der Waals surface area (Å²) in [6.07, 6.45) is 0.221. The van der Waals surface area contributed by atoms with E-state index in [-0.39, 0.29) is 30.5 Å². The summed E-state index contributed by atoms with van der Waals surface area (Å²) in [5.41, 5.74) is 2.00. The van der Waals surface area contributed by atoms with Crippen molar-refractivity contribution in [3.63, 3.8) is 0 Å². The first-order valence-electron chi connectivity index (χ1n) is 9.75. The molecule has 2 aliphatic heterocycles. The van der Waals surface area contributed by atoms with Gasteiger partial charge in [0, 0.05) is 0 Å². The predicted octanol–water partition coefficient (Wildman–Crippen LogP) is 2.03. The molecule has 9 heteroatoms. The fourth-order valence-corrected chi connectivity index (χ4v) is 3.36. The van der Waals surface area contributed by atoms with E-state index >= 15 is 0 Å². The Bertz CT molecular complexity index is 1210. The summed E-state index contributed by atoms with van der Waals surface area (Å²) < 4.78 is 39.1. The van der Waals surface area contributed by atoms with Crippen LogP contribution in [0.3, 0.4) is 0 Å². The Morgan fingerprint density at radius 3 is 2.81 bits per heavy atom. The molecule has 7 nitrogen and oxygen atoms in total. The van der Waals surface area contributed by atoms with Crippen LogP contribution < -0.4 is 14.1 Å². The van der Waals surface area contributed by atoms with E-state index in [0.29, 0.717) is 28.2 Å². The van der Waals surface area contributed by atoms with Gasteiger partial charge in [0.2, 0.25) is 0 Å². The fraction of sp³-hybridized carbons (Fsp3) is 0.217. The third-order valence-electron chi connectivity index (χ3n) is 4.85. The number of para-hydroxylation sites is 1. The summed E-state index contributed by atoms with van der Waals surface area (Å²) in [4.78, 5) is 31.2. The number of hydrogen-bond acceptors (Lipinski definition) is 5. The van der Waals surface area contributed by atoms with Gasteiger partial charge in [0.15, 0.2) is 0 Å². The Balaban J connectivity index is 1.46. The Labute approximate surface area is 182 Å². The van der Waals surface area contributed by atoms with E-state index in [1.165, 1.54) is 17.2 Å². The Morgan fingerprint density at radius 2 is 2.09 bits per heavy atom. The van der Waals surface area contributed by atoms with Crippen LogP contribution >= 0.6 is 0 Å². The zero-order valence-electron chi connectivity index (χ0n) is 17.0.